The molecule has 2 rings (SSSR count). The molecule has 6 heteroatoms. The number of rotatable bonds is 3. The quantitative estimate of drug-likeness (QED) is 0.891. The van der Waals surface area contributed by atoms with Gasteiger partial charge in [-0.15, -0.1) is 22.7 Å². The highest BCUT2D eigenvalue weighted by Gasteiger charge is 2.13. The lowest BCUT2D eigenvalue weighted by Crippen LogP contribution is -2.11. The minimum absolute atomic E-state index is 0.0312. The number of aromatic nitrogens is 1. The van der Waals surface area contributed by atoms with Crippen LogP contribution in [-0.2, 0) is 6.42 Å². The zero-order valence-corrected chi connectivity index (χ0v) is 12.4. The molecule has 0 radical (unpaired) electrons. The van der Waals surface area contributed by atoms with Crippen LogP contribution in [0, 0.1) is 0 Å². The SMILES string of the molecule is NC(Cc1nccs1)c1cc(Br)c(Br)s1. The van der Waals surface area contributed by atoms with Gasteiger partial charge in [-0.2, -0.15) is 0 Å². The molecule has 2 heterocycles. The molecule has 0 aliphatic rings. The number of hydrogen-bond acceptors (Lipinski definition) is 4. The molecule has 0 amide bonds. The van der Waals surface area contributed by atoms with Crippen molar-refractivity contribution in [3.8, 4) is 0 Å². The van der Waals surface area contributed by atoms with Crippen LogP contribution in [0.3, 0.4) is 0 Å². The summed E-state index contributed by atoms with van der Waals surface area (Å²) in [4.78, 5) is 5.40. The first kappa shape index (κ1) is 11.7. The molecule has 15 heavy (non-hydrogen) atoms. The Morgan fingerprint density at radius 1 is 1.47 bits per heavy atom. The molecular weight excluding hydrogens is 360 g/mol. The zero-order valence-electron chi connectivity index (χ0n) is 7.61. The highest BCUT2D eigenvalue weighted by atomic mass is 79.9. The number of halogens is 2. The number of thiophene rings is 1. The molecule has 1 atom stereocenters. The van der Waals surface area contributed by atoms with Crippen molar-refractivity contribution in [2.24, 2.45) is 5.73 Å². The van der Waals surface area contributed by atoms with Crippen molar-refractivity contribution < 1.29 is 0 Å². The van der Waals surface area contributed by atoms with Gasteiger partial charge < -0.3 is 5.73 Å². The predicted molar refractivity (Wildman–Crippen MR) is 72.5 cm³/mol. The summed E-state index contributed by atoms with van der Waals surface area (Å²) < 4.78 is 2.16. The van der Waals surface area contributed by atoms with E-state index in [9.17, 15) is 0 Å². The first-order chi connectivity index (χ1) is 7.16. The number of thiazole rings is 1. The number of hydrogen-bond donors (Lipinski definition) is 1. The fourth-order valence-corrected chi connectivity index (χ4v) is 3.96. The first-order valence-electron chi connectivity index (χ1n) is 4.25. The lowest BCUT2D eigenvalue weighted by molar-refractivity contribution is 0.732. The Hall–Kier alpha value is 0.250. The van der Waals surface area contributed by atoms with Gasteiger partial charge in [0.25, 0.3) is 0 Å². The average Bonchev–Trinajstić information content (AvgIpc) is 2.78. The van der Waals surface area contributed by atoms with Crippen molar-refractivity contribution in [1.82, 2.24) is 4.98 Å². The highest BCUT2D eigenvalue weighted by Crippen LogP contribution is 2.35. The minimum atomic E-state index is 0.0312. The van der Waals surface area contributed by atoms with Crippen LogP contribution in [0.25, 0.3) is 0 Å². The topological polar surface area (TPSA) is 38.9 Å². The van der Waals surface area contributed by atoms with Gasteiger partial charge in [-0.1, -0.05) is 0 Å². The zero-order chi connectivity index (χ0) is 10.8. The Balaban J connectivity index is 2.11. The van der Waals surface area contributed by atoms with Gasteiger partial charge in [0, 0.05) is 33.4 Å². The van der Waals surface area contributed by atoms with Crippen LogP contribution >= 0.6 is 54.5 Å². The van der Waals surface area contributed by atoms with Crippen molar-refractivity contribution in [2.75, 3.05) is 0 Å². The lowest BCUT2D eigenvalue weighted by Gasteiger charge is -2.06. The van der Waals surface area contributed by atoms with E-state index in [2.05, 4.69) is 42.9 Å². The van der Waals surface area contributed by atoms with Crippen LogP contribution < -0.4 is 5.73 Å². The van der Waals surface area contributed by atoms with E-state index in [4.69, 9.17) is 5.73 Å². The molecule has 0 spiro atoms. The first-order valence-corrected chi connectivity index (χ1v) is 7.53. The maximum atomic E-state index is 6.10. The maximum absolute atomic E-state index is 6.10. The molecule has 0 aliphatic carbocycles. The van der Waals surface area contributed by atoms with E-state index in [0.29, 0.717) is 0 Å². The second-order valence-corrected chi connectivity index (χ2v) is 7.24. The Morgan fingerprint density at radius 2 is 2.27 bits per heavy atom. The van der Waals surface area contributed by atoms with Gasteiger partial charge in [0.15, 0.2) is 0 Å². The molecule has 2 nitrogen and oxygen atoms in total. The van der Waals surface area contributed by atoms with E-state index in [1.807, 2.05) is 11.6 Å². The molecule has 1 unspecified atom stereocenters. The highest BCUT2D eigenvalue weighted by molar-refractivity contribution is 9.13. The van der Waals surface area contributed by atoms with Crippen molar-refractivity contribution in [2.45, 2.75) is 12.5 Å². The minimum Gasteiger partial charge on any atom is -0.323 e. The molecule has 80 valence electrons. The van der Waals surface area contributed by atoms with E-state index < -0.39 is 0 Å². The average molecular weight is 368 g/mol. The van der Waals surface area contributed by atoms with Crippen LogP contribution in [-0.4, -0.2) is 4.98 Å². The molecule has 0 bridgehead atoms. The molecular formula is C9H8Br2N2S2. The van der Waals surface area contributed by atoms with Gasteiger partial charge in [-0.05, 0) is 37.9 Å². The van der Waals surface area contributed by atoms with Crippen LogP contribution in [0.4, 0.5) is 0 Å². The van der Waals surface area contributed by atoms with Gasteiger partial charge in [0.2, 0.25) is 0 Å². The van der Waals surface area contributed by atoms with Crippen molar-refractivity contribution in [3.63, 3.8) is 0 Å². The number of nitrogens with zero attached hydrogens (tertiary/aromatic N) is 1. The summed E-state index contributed by atoms with van der Waals surface area (Å²) in [6.45, 7) is 0. The van der Waals surface area contributed by atoms with Crippen molar-refractivity contribution >= 4 is 54.5 Å². The van der Waals surface area contributed by atoms with E-state index in [0.717, 1.165) is 19.7 Å². The summed E-state index contributed by atoms with van der Waals surface area (Å²) in [5.41, 5.74) is 6.10. The predicted octanol–water partition coefficient (Wildman–Crippen LogP) is 3.97. The molecule has 2 aromatic rings. The molecule has 0 saturated heterocycles. The second-order valence-electron chi connectivity index (χ2n) is 3.01. The van der Waals surface area contributed by atoms with Crippen LogP contribution in [0.1, 0.15) is 15.9 Å². The standard InChI is InChI=1S/C9H8Br2N2S2/c10-5-3-7(15-9(5)11)6(12)4-8-13-1-2-14-8/h1-3,6H,4,12H2. The monoisotopic (exact) mass is 366 g/mol. The van der Waals surface area contributed by atoms with Gasteiger partial charge >= 0.3 is 0 Å². The summed E-state index contributed by atoms with van der Waals surface area (Å²) in [6.07, 6.45) is 2.62. The Bertz CT molecular complexity index is 419. The molecule has 0 aromatic carbocycles. The third-order valence-corrected chi connectivity index (χ3v) is 6.10. The summed E-state index contributed by atoms with van der Waals surface area (Å²) in [6, 6.07) is 2.09. The van der Waals surface area contributed by atoms with E-state index >= 15 is 0 Å². The van der Waals surface area contributed by atoms with Crippen molar-refractivity contribution in [3.05, 3.63) is 35.8 Å². The molecule has 0 fully saturated rings. The molecule has 2 aromatic heterocycles. The molecule has 2 N–H and O–H groups in total. The van der Waals surface area contributed by atoms with Crippen LogP contribution in [0.2, 0.25) is 0 Å². The summed E-state index contributed by atoms with van der Waals surface area (Å²) in [7, 11) is 0. The summed E-state index contributed by atoms with van der Waals surface area (Å²) in [5.74, 6) is 0. The van der Waals surface area contributed by atoms with Gasteiger partial charge in [-0.3, -0.25) is 0 Å². The summed E-state index contributed by atoms with van der Waals surface area (Å²) >= 11 is 10.2. The third kappa shape index (κ3) is 2.88. The van der Waals surface area contributed by atoms with E-state index in [1.165, 1.54) is 4.88 Å². The largest absolute Gasteiger partial charge is 0.323 e. The molecule has 0 saturated carbocycles. The maximum Gasteiger partial charge on any atom is 0.0944 e. The Labute approximate surface area is 113 Å². The fourth-order valence-electron chi connectivity index (χ4n) is 1.19. The van der Waals surface area contributed by atoms with E-state index in [-0.39, 0.29) is 6.04 Å². The smallest absolute Gasteiger partial charge is 0.0944 e. The lowest BCUT2D eigenvalue weighted by atomic mass is 10.2. The number of nitrogens with two attached hydrogens (primary N) is 1. The van der Waals surface area contributed by atoms with Gasteiger partial charge in [0.05, 0.1) is 8.79 Å². The molecule has 0 aliphatic heterocycles. The van der Waals surface area contributed by atoms with E-state index in [1.54, 1.807) is 22.7 Å². The van der Waals surface area contributed by atoms with Crippen molar-refractivity contribution in [1.29, 1.82) is 0 Å². The van der Waals surface area contributed by atoms with Crippen LogP contribution in [0.5, 0.6) is 0 Å². The summed E-state index contributed by atoms with van der Waals surface area (Å²) in [5, 5.41) is 3.06. The third-order valence-electron chi connectivity index (χ3n) is 1.91. The second kappa shape index (κ2) is 5.05. The fraction of sp³-hybridized carbons (Fsp3) is 0.222. The van der Waals surface area contributed by atoms with Crippen LogP contribution in [0.15, 0.2) is 25.9 Å². The van der Waals surface area contributed by atoms with Gasteiger partial charge in [0.1, 0.15) is 0 Å². The normalized spacial score (nSPS) is 13.0. The van der Waals surface area contributed by atoms with Gasteiger partial charge in [-0.25, -0.2) is 4.98 Å². The Kier molecular flexibility index (Phi) is 3.95. The Morgan fingerprint density at radius 3 is 2.80 bits per heavy atom.